The first-order valence-electron chi connectivity index (χ1n) is 11.9. The number of Topliss-reactive ketones (excluding diaryl/α,β-unsaturated/α-hetero) is 1. The molecule has 0 bridgehead atoms. The van der Waals surface area contributed by atoms with E-state index in [2.05, 4.69) is 6.92 Å². The molecule has 2 nitrogen and oxygen atoms in total. The lowest BCUT2D eigenvalue weighted by atomic mass is 9.77. The summed E-state index contributed by atoms with van der Waals surface area (Å²) >= 11 is 0. The number of ketones is 1. The molecular weight excluding hydrogens is 332 g/mol. The van der Waals surface area contributed by atoms with E-state index in [-0.39, 0.29) is 0 Å². The second-order valence-corrected chi connectivity index (χ2v) is 9.15. The van der Waals surface area contributed by atoms with Crippen molar-refractivity contribution in [3.05, 3.63) is 11.1 Å². The van der Waals surface area contributed by atoms with Gasteiger partial charge in [-0.05, 0) is 56.4 Å². The molecule has 2 aliphatic rings. The number of ether oxygens (including phenoxy) is 1. The van der Waals surface area contributed by atoms with Crippen LogP contribution in [0.3, 0.4) is 0 Å². The molecule has 1 spiro atoms. The van der Waals surface area contributed by atoms with Gasteiger partial charge in [0.15, 0.2) is 5.78 Å². The lowest BCUT2D eigenvalue weighted by Gasteiger charge is -2.26. The highest BCUT2D eigenvalue weighted by atomic mass is 16.5. The van der Waals surface area contributed by atoms with Crippen molar-refractivity contribution >= 4 is 5.78 Å². The Morgan fingerprint density at radius 1 is 0.741 bits per heavy atom. The van der Waals surface area contributed by atoms with Crippen LogP contribution in [-0.2, 0) is 9.53 Å². The van der Waals surface area contributed by atoms with Crippen LogP contribution in [0.15, 0.2) is 11.1 Å². The summed E-state index contributed by atoms with van der Waals surface area (Å²) in [5.74, 6) is 0.428. The number of unbranched alkanes of at least 4 members (excludes halogenated alkanes) is 12. The van der Waals surface area contributed by atoms with Gasteiger partial charge in [-0.25, -0.2) is 0 Å². The molecular formula is C25H44O2. The van der Waals surface area contributed by atoms with E-state index in [0.717, 1.165) is 25.0 Å². The topological polar surface area (TPSA) is 26.3 Å². The van der Waals surface area contributed by atoms with Gasteiger partial charge in [-0.3, -0.25) is 4.79 Å². The van der Waals surface area contributed by atoms with E-state index in [1.807, 2.05) is 0 Å². The molecule has 0 unspecified atom stereocenters. The normalized spacial score (nSPS) is 18.5. The summed E-state index contributed by atoms with van der Waals surface area (Å²) in [5, 5.41) is 0. The molecule has 156 valence electrons. The Labute approximate surface area is 168 Å². The van der Waals surface area contributed by atoms with E-state index in [0.29, 0.717) is 11.2 Å². The van der Waals surface area contributed by atoms with Crippen LogP contribution < -0.4 is 0 Å². The molecule has 0 atom stereocenters. The molecule has 27 heavy (non-hydrogen) atoms. The Kier molecular flexibility index (Phi) is 10.7. The fourth-order valence-electron chi connectivity index (χ4n) is 4.91. The highest BCUT2D eigenvalue weighted by Crippen LogP contribution is 2.59. The molecule has 0 aromatic carbocycles. The van der Waals surface area contributed by atoms with Crippen molar-refractivity contribution in [1.82, 2.24) is 0 Å². The van der Waals surface area contributed by atoms with Gasteiger partial charge in [0.1, 0.15) is 0 Å². The van der Waals surface area contributed by atoms with E-state index >= 15 is 0 Å². The van der Waals surface area contributed by atoms with Gasteiger partial charge in [0.05, 0.1) is 0 Å². The maximum Gasteiger partial charge on any atom is 0.158 e. The third kappa shape index (κ3) is 8.10. The summed E-state index contributed by atoms with van der Waals surface area (Å²) < 4.78 is 5.08. The third-order valence-electron chi connectivity index (χ3n) is 6.97. The Balaban J connectivity index is 1.38. The van der Waals surface area contributed by atoms with Crippen LogP contribution >= 0.6 is 0 Å². The van der Waals surface area contributed by atoms with Crippen LogP contribution in [0.25, 0.3) is 0 Å². The van der Waals surface area contributed by atoms with Crippen molar-refractivity contribution in [2.45, 2.75) is 122 Å². The van der Waals surface area contributed by atoms with Gasteiger partial charge in [-0.15, -0.1) is 0 Å². The summed E-state index contributed by atoms with van der Waals surface area (Å²) in [6, 6.07) is 0. The molecule has 2 rings (SSSR count). The number of hydrogen-bond donors (Lipinski definition) is 0. The number of hydrogen-bond acceptors (Lipinski definition) is 2. The summed E-state index contributed by atoms with van der Waals surface area (Å²) in [4.78, 5) is 12.0. The average molecular weight is 377 g/mol. The van der Waals surface area contributed by atoms with E-state index in [9.17, 15) is 4.79 Å². The van der Waals surface area contributed by atoms with Crippen molar-refractivity contribution in [3.63, 3.8) is 0 Å². The Hall–Kier alpha value is -0.630. The Morgan fingerprint density at radius 3 is 1.70 bits per heavy atom. The molecule has 2 aliphatic carbocycles. The first-order valence-corrected chi connectivity index (χ1v) is 11.9. The maximum atomic E-state index is 12.0. The second kappa shape index (κ2) is 12.8. The minimum atomic E-state index is 0.428. The van der Waals surface area contributed by atoms with Gasteiger partial charge < -0.3 is 4.74 Å². The standard InChI is InChI=1S/C25H44O2/c1-22-23(25(19-20-25)18-17-24(22)26)16-14-12-10-8-6-4-3-5-7-9-11-13-15-21-27-2/h3-21H2,1-2H3. The zero-order chi connectivity index (χ0) is 19.4. The van der Waals surface area contributed by atoms with Crippen molar-refractivity contribution in [2.75, 3.05) is 13.7 Å². The predicted molar refractivity (Wildman–Crippen MR) is 115 cm³/mol. The summed E-state index contributed by atoms with van der Waals surface area (Å²) in [6.07, 6.45) is 23.7. The quantitative estimate of drug-likeness (QED) is 0.260. The zero-order valence-corrected chi connectivity index (χ0v) is 18.3. The monoisotopic (exact) mass is 376 g/mol. The number of carbonyl (C=O) groups excluding carboxylic acids is 1. The molecule has 0 aromatic heterocycles. The molecule has 0 amide bonds. The minimum absolute atomic E-state index is 0.428. The molecule has 2 heteroatoms. The molecule has 1 saturated carbocycles. The summed E-state index contributed by atoms with van der Waals surface area (Å²) in [6.45, 7) is 3.02. The van der Waals surface area contributed by atoms with Crippen LogP contribution in [0.4, 0.5) is 0 Å². The van der Waals surface area contributed by atoms with Gasteiger partial charge >= 0.3 is 0 Å². The second-order valence-electron chi connectivity index (χ2n) is 9.15. The fraction of sp³-hybridized carbons (Fsp3) is 0.880. The molecule has 0 aliphatic heterocycles. The van der Waals surface area contributed by atoms with Gasteiger partial charge in [0, 0.05) is 20.1 Å². The summed E-state index contributed by atoms with van der Waals surface area (Å²) in [5.41, 5.74) is 3.18. The van der Waals surface area contributed by atoms with Gasteiger partial charge in [-0.2, -0.15) is 0 Å². The molecule has 0 saturated heterocycles. The highest BCUT2D eigenvalue weighted by molar-refractivity contribution is 5.97. The van der Waals surface area contributed by atoms with Crippen molar-refractivity contribution in [3.8, 4) is 0 Å². The number of carbonyl (C=O) groups is 1. The lowest BCUT2D eigenvalue weighted by Crippen LogP contribution is -2.19. The molecule has 0 aromatic rings. The van der Waals surface area contributed by atoms with Crippen LogP contribution in [0.1, 0.15) is 122 Å². The lowest BCUT2D eigenvalue weighted by molar-refractivity contribution is -0.116. The number of allylic oxidation sites excluding steroid dienone is 2. The van der Waals surface area contributed by atoms with E-state index in [1.54, 1.807) is 12.7 Å². The first kappa shape index (κ1) is 22.7. The SMILES string of the molecule is COCCCCCCCCCCCCCCCC1=C(C)C(=O)CCC12CC2. The predicted octanol–water partition coefficient (Wildman–Crippen LogP) is 7.55. The fourth-order valence-corrected chi connectivity index (χ4v) is 4.91. The van der Waals surface area contributed by atoms with Crippen molar-refractivity contribution in [2.24, 2.45) is 5.41 Å². The Morgan fingerprint density at radius 2 is 1.22 bits per heavy atom. The molecule has 1 fully saturated rings. The third-order valence-corrected chi connectivity index (χ3v) is 6.97. The van der Waals surface area contributed by atoms with E-state index < -0.39 is 0 Å². The highest BCUT2D eigenvalue weighted by Gasteiger charge is 2.48. The van der Waals surface area contributed by atoms with Gasteiger partial charge in [0.2, 0.25) is 0 Å². The smallest absolute Gasteiger partial charge is 0.158 e. The number of methoxy groups -OCH3 is 1. The van der Waals surface area contributed by atoms with E-state index in [4.69, 9.17) is 4.74 Å². The molecule has 0 heterocycles. The van der Waals surface area contributed by atoms with E-state index in [1.165, 1.54) is 103 Å². The Bertz CT molecular complexity index is 459. The van der Waals surface area contributed by atoms with Gasteiger partial charge in [0.25, 0.3) is 0 Å². The maximum absolute atomic E-state index is 12.0. The molecule has 0 N–H and O–H groups in total. The van der Waals surface area contributed by atoms with Crippen LogP contribution in [0.2, 0.25) is 0 Å². The largest absolute Gasteiger partial charge is 0.385 e. The summed E-state index contributed by atoms with van der Waals surface area (Å²) in [7, 11) is 1.79. The minimum Gasteiger partial charge on any atom is -0.385 e. The number of rotatable bonds is 16. The van der Waals surface area contributed by atoms with Crippen LogP contribution in [-0.4, -0.2) is 19.5 Å². The zero-order valence-electron chi connectivity index (χ0n) is 18.3. The van der Waals surface area contributed by atoms with Crippen LogP contribution in [0, 0.1) is 5.41 Å². The van der Waals surface area contributed by atoms with Crippen molar-refractivity contribution in [1.29, 1.82) is 0 Å². The van der Waals surface area contributed by atoms with Crippen molar-refractivity contribution < 1.29 is 9.53 Å². The van der Waals surface area contributed by atoms with Crippen LogP contribution in [0.5, 0.6) is 0 Å². The first-order chi connectivity index (χ1) is 13.2. The molecule has 0 radical (unpaired) electrons. The van der Waals surface area contributed by atoms with Gasteiger partial charge in [-0.1, -0.05) is 76.2 Å². The average Bonchev–Trinajstić information content (AvgIpc) is 3.45.